The summed E-state index contributed by atoms with van der Waals surface area (Å²) in [6.45, 7) is 4.77. The number of aromatic nitrogens is 2. The third kappa shape index (κ3) is 3.37. The molecule has 1 aliphatic heterocycles. The molecule has 1 aromatic heterocycles. The summed E-state index contributed by atoms with van der Waals surface area (Å²) in [5, 5.41) is 4.18. The van der Waals surface area contributed by atoms with Gasteiger partial charge < -0.3 is 20.1 Å². The minimum atomic E-state index is 0.185. The zero-order valence-electron chi connectivity index (χ0n) is 13.1. The Labute approximate surface area is 126 Å². The molecule has 6 heteroatoms. The van der Waals surface area contributed by atoms with Crippen molar-refractivity contribution >= 4 is 5.95 Å². The molecule has 0 atom stereocenters. The first-order valence-electron chi connectivity index (χ1n) is 8.17. The Hall–Kier alpha value is -1.14. The normalized spacial score (nSPS) is 23.4. The van der Waals surface area contributed by atoms with Gasteiger partial charge in [-0.05, 0) is 37.0 Å². The maximum Gasteiger partial charge on any atom is 0.266 e. The maximum atomic E-state index is 6.05. The van der Waals surface area contributed by atoms with Crippen LogP contribution in [0.3, 0.4) is 0 Å². The highest BCUT2D eigenvalue weighted by Gasteiger charge is 2.33. The molecule has 118 valence electrons. The minimum absolute atomic E-state index is 0.185. The quantitative estimate of drug-likeness (QED) is 0.901. The molecule has 0 unspecified atom stereocenters. The van der Waals surface area contributed by atoms with Gasteiger partial charge in [-0.2, -0.15) is 4.98 Å². The van der Waals surface area contributed by atoms with Crippen molar-refractivity contribution in [2.45, 2.75) is 38.5 Å². The SMILES string of the molecule is CN1CCN(c2noc(CC3(CN)CCCCC3)n2)CC1. The summed E-state index contributed by atoms with van der Waals surface area (Å²) < 4.78 is 5.50. The standard InChI is InChI=1S/C15H27N5O/c1-19-7-9-20(10-8-19)14-17-13(21-18-14)11-15(12-16)5-3-2-4-6-15/h2-12,16H2,1H3. The Morgan fingerprint density at radius 3 is 2.52 bits per heavy atom. The third-order valence-electron chi connectivity index (χ3n) is 5.12. The van der Waals surface area contributed by atoms with Gasteiger partial charge in [-0.3, -0.25) is 0 Å². The Morgan fingerprint density at radius 1 is 1.14 bits per heavy atom. The van der Waals surface area contributed by atoms with Gasteiger partial charge in [-0.15, -0.1) is 0 Å². The second kappa shape index (κ2) is 6.32. The number of nitrogens with zero attached hydrogens (tertiary/aromatic N) is 4. The number of rotatable bonds is 4. The first-order chi connectivity index (χ1) is 10.2. The average molecular weight is 293 g/mol. The van der Waals surface area contributed by atoms with Crippen molar-refractivity contribution in [3.05, 3.63) is 5.89 Å². The summed E-state index contributed by atoms with van der Waals surface area (Å²) in [5.41, 5.74) is 6.23. The fourth-order valence-corrected chi connectivity index (χ4v) is 3.53. The van der Waals surface area contributed by atoms with Crippen molar-refractivity contribution in [1.82, 2.24) is 15.0 Å². The molecule has 1 aromatic rings. The van der Waals surface area contributed by atoms with Crippen molar-refractivity contribution in [3.8, 4) is 0 Å². The van der Waals surface area contributed by atoms with Gasteiger partial charge in [0.25, 0.3) is 5.95 Å². The van der Waals surface area contributed by atoms with E-state index in [1.54, 1.807) is 0 Å². The molecule has 1 saturated heterocycles. The van der Waals surface area contributed by atoms with Crippen molar-refractivity contribution in [1.29, 1.82) is 0 Å². The van der Waals surface area contributed by atoms with E-state index in [-0.39, 0.29) is 5.41 Å². The van der Waals surface area contributed by atoms with E-state index in [0.29, 0.717) is 0 Å². The van der Waals surface area contributed by atoms with E-state index < -0.39 is 0 Å². The van der Waals surface area contributed by atoms with Gasteiger partial charge in [0.1, 0.15) is 0 Å². The molecule has 1 saturated carbocycles. The van der Waals surface area contributed by atoms with Crippen LogP contribution in [0.2, 0.25) is 0 Å². The number of anilines is 1. The van der Waals surface area contributed by atoms with Crippen molar-refractivity contribution in [2.75, 3.05) is 44.7 Å². The fraction of sp³-hybridized carbons (Fsp3) is 0.867. The van der Waals surface area contributed by atoms with Gasteiger partial charge >= 0.3 is 0 Å². The summed E-state index contributed by atoms with van der Waals surface area (Å²) in [6, 6.07) is 0. The zero-order chi connectivity index (χ0) is 14.7. The summed E-state index contributed by atoms with van der Waals surface area (Å²) in [4.78, 5) is 9.15. The predicted octanol–water partition coefficient (Wildman–Crippen LogP) is 1.27. The third-order valence-corrected chi connectivity index (χ3v) is 5.12. The highest BCUT2D eigenvalue weighted by Crippen LogP contribution is 2.38. The number of likely N-dealkylation sites (N-methyl/N-ethyl adjacent to an activating group) is 1. The Kier molecular flexibility index (Phi) is 4.45. The Bertz CT molecular complexity index is 447. The van der Waals surface area contributed by atoms with Gasteiger partial charge in [0.05, 0.1) is 0 Å². The first kappa shape index (κ1) is 14.8. The van der Waals surface area contributed by atoms with E-state index >= 15 is 0 Å². The van der Waals surface area contributed by atoms with Crippen LogP contribution in [0, 0.1) is 5.41 Å². The van der Waals surface area contributed by atoms with Crippen molar-refractivity contribution < 1.29 is 4.52 Å². The van der Waals surface area contributed by atoms with Crippen LogP contribution < -0.4 is 10.6 Å². The predicted molar refractivity (Wildman–Crippen MR) is 82.3 cm³/mol. The molecule has 2 heterocycles. The monoisotopic (exact) mass is 293 g/mol. The number of hydrogen-bond acceptors (Lipinski definition) is 6. The molecule has 3 rings (SSSR count). The largest absolute Gasteiger partial charge is 0.337 e. The Balaban J connectivity index is 1.64. The van der Waals surface area contributed by atoms with Gasteiger partial charge in [-0.25, -0.2) is 0 Å². The van der Waals surface area contributed by atoms with Crippen LogP contribution in [0.15, 0.2) is 4.52 Å². The Morgan fingerprint density at radius 2 is 1.86 bits per heavy atom. The second-order valence-electron chi connectivity index (χ2n) is 6.72. The van der Waals surface area contributed by atoms with E-state index in [4.69, 9.17) is 10.3 Å². The highest BCUT2D eigenvalue weighted by molar-refractivity contribution is 5.28. The van der Waals surface area contributed by atoms with Crippen molar-refractivity contribution in [2.24, 2.45) is 11.1 Å². The van der Waals surface area contributed by atoms with Gasteiger partial charge in [0.15, 0.2) is 0 Å². The number of hydrogen-bond donors (Lipinski definition) is 1. The van der Waals surface area contributed by atoms with Crippen molar-refractivity contribution in [3.63, 3.8) is 0 Å². The molecule has 0 radical (unpaired) electrons. The van der Waals surface area contributed by atoms with Crippen LogP contribution in [0.4, 0.5) is 5.95 Å². The maximum absolute atomic E-state index is 6.05. The molecule has 2 N–H and O–H groups in total. The second-order valence-corrected chi connectivity index (χ2v) is 6.72. The van der Waals surface area contributed by atoms with E-state index in [1.165, 1.54) is 32.1 Å². The lowest BCUT2D eigenvalue weighted by Crippen LogP contribution is -2.45. The van der Waals surface area contributed by atoms with Crippen LogP contribution in [0.1, 0.15) is 38.0 Å². The lowest BCUT2D eigenvalue weighted by atomic mass is 9.72. The molecule has 0 bridgehead atoms. The van der Waals surface area contributed by atoms with Crippen LogP contribution in [-0.4, -0.2) is 54.8 Å². The topological polar surface area (TPSA) is 71.4 Å². The highest BCUT2D eigenvalue weighted by atomic mass is 16.5. The van der Waals surface area contributed by atoms with Gasteiger partial charge in [0.2, 0.25) is 5.89 Å². The van der Waals surface area contributed by atoms with E-state index in [2.05, 4.69) is 27.0 Å². The molecule has 6 nitrogen and oxygen atoms in total. The van der Waals surface area contributed by atoms with Crippen LogP contribution in [0.5, 0.6) is 0 Å². The average Bonchev–Trinajstić information content (AvgIpc) is 2.97. The summed E-state index contributed by atoms with van der Waals surface area (Å²) in [5.74, 6) is 1.51. The summed E-state index contributed by atoms with van der Waals surface area (Å²) in [6.07, 6.45) is 7.10. The van der Waals surface area contributed by atoms with Crippen LogP contribution >= 0.6 is 0 Å². The first-order valence-corrected chi connectivity index (χ1v) is 8.17. The molecule has 0 spiro atoms. The smallest absolute Gasteiger partial charge is 0.266 e. The molecular weight excluding hydrogens is 266 g/mol. The van der Waals surface area contributed by atoms with Gasteiger partial charge in [0, 0.05) is 32.6 Å². The van der Waals surface area contributed by atoms with E-state index in [9.17, 15) is 0 Å². The summed E-state index contributed by atoms with van der Waals surface area (Å²) >= 11 is 0. The number of nitrogens with two attached hydrogens (primary N) is 1. The van der Waals surface area contributed by atoms with Crippen LogP contribution in [-0.2, 0) is 6.42 Å². The zero-order valence-corrected chi connectivity index (χ0v) is 13.1. The molecular formula is C15H27N5O. The molecule has 21 heavy (non-hydrogen) atoms. The minimum Gasteiger partial charge on any atom is -0.337 e. The molecule has 2 fully saturated rings. The molecule has 0 amide bonds. The van der Waals surface area contributed by atoms with E-state index in [1.807, 2.05) is 0 Å². The van der Waals surface area contributed by atoms with E-state index in [0.717, 1.165) is 51.0 Å². The number of piperazine rings is 1. The summed E-state index contributed by atoms with van der Waals surface area (Å²) in [7, 11) is 2.15. The lowest BCUT2D eigenvalue weighted by Gasteiger charge is -2.35. The molecule has 1 aliphatic carbocycles. The lowest BCUT2D eigenvalue weighted by molar-refractivity contribution is 0.177. The molecule has 2 aliphatic rings. The fourth-order valence-electron chi connectivity index (χ4n) is 3.53. The van der Waals surface area contributed by atoms with Crippen LogP contribution in [0.25, 0.3) is 0 Å². The molecule has 0 aromatic carbocycles. The van der Waals surface area contributed by atoms with Gasteiger partial charge in [-0.1, -0.05) is 19.3 Å².